The molecule has 1 aliphatic carbocycles. The van der Waals surface area contributed by atoms with Gasteiger partial charge >= 0.3 is 0 Å². The van der Waals surface area contributed by atoms with E-state index in [0.29, 0.717) is 5.82 Å². The van der Waals surface area contributed by atoms with Gasteiger partial charge in [-0.25, -0.2) is 9.97 Å². The molecule has 1 aromatic heterocycles. The Bertz CT molecular complexity index is 710. The summed E-state index contributed by atoms with van der Waals surface area (Å²) < 4.78 is 0. The van der Waals surface area contributed by atoms with E-state index in [2.05, 4.69) is 30.1 Å². The lowest BCUT2D eigenvalue weighted by molar-refractivity contribution is 0.879. The van der Waals surface area contributed by atoms with Gasteiger partial charge in [-0.2, -0.15) is 0 Å². The van der Waals surface area contributed by atoms with Gasteiger partial charge in [0, 0.05) is 5.56 Å². The summed E-state index contributed by atoms with van der Waals surface area (Å²) in [5, 5.41) is 0. The van der Waals surface area contributed by atoms with Crippen LogP contribution in [0.5, 0.6) is 0 Å². The molecule has 0 amide bonds. The van der Waals surface area contributed by atoms with Crippen LogP contribution in [0.15, 0.2) is 23.8 Å². The van der Waals surface area contributed by atoms with Crippen LogP contribution in [0, 0.1) is 6.92 Å². The van der Waals surface area contributed by atoms with Gasteiger partial charge in [-0.1, -0.05) is 23.3 Å². The summed E-state index contributed by atoms with van der Waals surface area (Å²) >= 11 is 0. The maximum Gasteiger partial charge on any atom is 0.149 e. The highest BCUT2D eigenvalue weighted by Crippen LogP contribution is 2.33. The summed E-state index contributed by atoms with van der Waals surface area (Å²) in [5.41, 5.74) is 13.8. The Kier molecular flexibility index (Phi) is 3.05. The van der Waals surface area contributed by atoms with Crippen molar-refractivity contribution in [1.29, 1.82) is 0 Å². The Hall–Kier alpha value is -2.16. The molecule has 3 nitrogen and oxygen atoms in total. The summed E-state index contributed by atoms with van der Waals surface area (Å²) in [6.45, 7) is 6.19. The summed E-state index contributed by atoms with van der Waals surface area (Å²) in [4.78, 5) is 9.34. The van der Waals surface area contributed by atoms with E-state index < -0.39 is 0 Å². The molecule has 0 spiro atoms. The minimum Gasteiger partial charge on any atom is -0.382 e. The highest BCUT2D eigenvalue weighted by atomic mass is 14.9. The highest BCUT2D eigenvalue weighted by molar-refractivity contribution is 5.72. The van der Waals surface area contributed by atoms with E-state index in [1.165, 1.54) is 22.3 Å². The monoisotopic (exact) mass is 265 g/mol. The van der Waals surface area contributed by atoms with Gasteiger partial charge in [-0.3, -0.25) is 0 Å². The van der Waals surface area contributed by atoms with E-state index in [1.54, 1.807) is 0 Å². The maximum absolute atomic E-state index is 6.02. The largest absolute Gasteiger partial charge is 0.382 e. The standard InChI is InChI=1S/C17H19N3/c1-10(2)8-15-17(18)20-14-7-6-12-5-4-11(3)9-13(12)16(14)19-15/h4-5,8-9H,6-7H2,1-3H3,(H2,18,20). The van der Waals surface area contributed by atoms with Gasteiger partial charge in [-0.15, -0.1) is 0 Å². The summed E-state index contributed by atoms with van der Waals surface area (Å²) in [6.07, 6.45) is 3.92. The topological polar surface area (TPSA) is 51.8 Å². The Balaban J connectivity index is 2.23. The Morgan fingerprint density at radius 3 is 2.75 bits per heavy atom. The van der Waals surface area contributed by atoms with Crippen LogP contribution in [-0.2, 0) is 12.8 Å². The van der Waals surface area contributed by atoms with E-state index in [0.717, 1.165) is 29.9 Å². The molecule has 0 saturated heterocycles. The first-order chi connectivity index (χ1) is 9.54. The third kappa shape index (κ3) is 2.20. The zero-order valence-corrected chi connectivity index (χ0v) is 12.2. The van der Waals surface area contributed by atoms with Gasteiger partial charge in [0.05, 0.1) is 11.4 Å². The second-order valence-corrected chi connectivity index (χ2v) is 5.67. The molecule has 0 fully saturated rings. The molecule has 0 radical (unpaired) electrons. The molecule has 0 aliphatic heterocycles. The molecule has 1 aliphatic rings. The third-order valence-corrected chi connectivity index (χ3v) is 3.60. The lowest BCUT2D eigenvalue weighted by Gasteiger charge is -2.19. The van der Waals surface area contributed by atoms with E-state index >= 15 is 0 Å². The summed E-state index contributed by atoms with van der Waals surface area (Å²) in [7, 11) is 0. The number of allylic oxidation sites excluding steroid dienone is 1. The molecule has 0 unspecified atom stereocenters. The van der Waals surface area contributed by atoms with Gasteiger partial charge in [0.25, 0.3) is 0 Å². The Morgan fingerprint density at radius 2 is 2.00 bits per heavy atom. The minimum atomic E-state index is 0.529. The molecule has 2 aromatic rings. The summed E-state index contributed by atoms with van der Waals surface area (Å²) in [6, 6.07) is 6.56. The predicted molar refractivity (Wildman–Crippen MR) is 83.4 cm³/mol. The summed E-state index contributed by atoms with van der Waals surface area (Å²) in [5.74, 6) is 0.529. The minimum absolute atomic E-state index is 0.529. The molecule has 0 atom stereocenters. The second kappa shape index (κ2) is 4.75. The number of rotatable bonds is 1. The number of fused-ring (bicyclic) bond motifs is 3. The number of anilines is 1. The second-order valence-electron chi connectivity index (χ2n) is 5.67. The van der Waals surface area contributed by atoms with Crippen LogP contribution in [-0.4, -0.2) is 9.97 Å². The molecule has 0 saturated carbocycles. The van der Waals surface area contributed by atoms with Gasteiger partial charge in [-0.05, 0) is 51.3 Å². The average molecular weight is 265 g/mol. The van der Waals surface area contributed by atoms with Gasteiger partial charge < -0.3 is 5.73 Å². The number of benzene rings is 1. The van der Waals surface area contributed by atoms with Crippen LogP contribution in [0.3, 0.4) is 0 Å². The first-order valence-electron chi connectivity index (χ1n) is 6.96. The van der Waals surface area contributed by atoms with Crippen LogP contribution in [0.2, 0.25) is 0 Å². The van der Waals surface area contributed by atoms with Crippen LogP contribution >= 0.6 is 0 Å². The van der Waals surface area contributed by atoms with Crippen molar-refractivity contribution in [3.63, 3.8) is 0 Å². The number of nitrogens with two attached hydrogens (primary N) is 1. The van der Waals surface area contributed by atoms with Gasteiger partial charge in [0.1, 0.15) is 11.5 Å². The lowest BCUT2D eigenvalue weighted by atomic mass is 9.90. The molecular weight excluding hydrogens is 246 g/mol. The van der Waals surface area contributed by atoms with Crippen molar-refractivity contribution in [3.8, 4) is 11.3 Å². The van der Waals surface area contributed by atoms with E-state index in [4.69, 9.17) is 10.7 Å². The first-order valence-corrected chi connectivity index (χ1v) is 6.96. The fraction of sp³-hybridized carbons (Fsp3) is 0.294. The zero-order valence-electron chi connectivity index (χ0n) is 12.2. The number of aromatic nitrogens is 2. The number of aryl methyl sites for hydroxylation is 3. The molecule has 20 heavy (non-hydrogen) atoms. The highest BCUT2D eigenvalue weighted by Gasteiger charge is 2.20. The quantitative estimate of drug-likeness (QED) is 0.857. The fourth-order valence-corrected chi connectivity index (χ4v) is 2.65. The first kappa shape index (κ1) is 12.9. The van der Waals surface area contributed by atoms with Crippen LogP contribution in [0.1, 0.15) is 36.4 Å². The number of nitrogen functional groups attached to an aromatic ring is 1. The zero-order chi connectivity index (χ0) is 14.3. The molecule has 2 N–H and O–H groups in total. The lowest BCUT2D eigenvalue weighted by Crippen LogP contribution is -2.11. The smallest absolute Gasteiger partial charge is 0.149 e. The maximum atomic E-state index is 6.02. The molecule has 102 valence electrons. The molecule has 1 heterocycles. The van der Waals surface area contributed by atoms with Crippen molar-refractivity contribution in [2.45, 2.75) is 33.6 Å². The number of nitrogens with zero attached hydrogens (tertiary/aromatic N) is 2. The van der Waals surface area contributed by atoms with Gasteiger partial charge in [0.2, 0.25) is 0 Å². The van der Waals surface area contributed by atoms with Crippen LogP contribution in [0.25, 0.3) is 17.3 Å². The molecule has 3 heteroatoms. The number of hydrogen-bond donors (Lipinski definition) is 1. The van der Waals surface area contributed by atoms with E-state index in [-0.39, 0.29) is 0 Å². The Morgan fingerprint density at radius 1 is 1.20 bits per heavy atom. The number of hydrogen-bond acceptors (Lipinski definition) is 3. The third-order valence-electron chi connectivity index (χ3n) is 3.60. The molecule has 3 rings (SSSR count). The Labute approximate surface area is 119 Å². The van der Waals surface area contributed by atoms with Crippen molar-refractivity contribution < 1.29 is 0 Å². The SMILES string of the molecule is CC(C)=Cc1nc2c(nc1N)CCc1ccc(C)cc1-2. The van der Waals surface area contributed by atoms with E-state index in [9.17, 15) is 0 Å². The van der Waals surface area contributed by atoms with Crippen molar-refractivity contribution in [1.82, 2.24) is 9.97 Å². The molecule has 0 bridgehead atoms. The molecule has 1 aromatic carbocycles. The van der Waals surface area contributed by atoms with Crippen molar-refractivity contribution >= 4 is 11.9 Å². The van der Waals surface area contributed by atoms with Crippen molar-refractivity contribution in [2.75, 3.05) is 5.73 Å². The van der Waals surface area contributed by atoms with Crippen molar-refractivity contribution in [2.24, 2.45) is 0 Å². The van der Waals surface area contributed by atoms with Gasteiger partial charge in [0.15, 0.2) is 0 Å². The van der Waals surface area contributed by atoms with Crippen LogP contribution in [0.4, 0.5) is 5.82 Å². The normalized spacial score (nSPS) is 12.6. The fourth-order valence-electron chi connectivity index (χ4n) is 2.65. The van der Waals surface area contributed by atoms with Crippen molar-refractivity contribution in [3.05, 3.63) is 46.3 Å². The van der Waals surface area contributed by atoms with Crippen LogP contribution < -0.4 is 5.73 Å². The average Bonchev–Trinajstić information content (AvgIpc) is 2.39. The predicted octanol–water partition coefficient (Wildman–Crippen LogP) is 3.56. The van der Waals surface area contributed by atoms with E-state index in [1.807, 2.05) is 19.9 Å². The molecular formula is C17H19N3.